The summed E-state index contributed by atoms with van der Waals surface area (Å²) in [5.41, 5.74) is 1.78. The molecule has 2 aromatic carbocycles. The molecule has 0 heterocycles. The average molecular weight is 421 g/mol. The molecule has 0 spiro atoms. The number of hydrogen-bond donors (Lipinski definition) is 1. The molecule has 0 saturated carbocycles. The Morgan fingerprint density at radius 3 is 1.89 bits per heavy atom. The van der Waals surface area contributed by atoms with Crippen molar-refractivity contribution in [2.24, 2.45) is 0 Å². The van der Waals surface area contributed by atoms with Gasteiger partial charge in [0.15, 0.2) is 0 Å². The maximum absolute atomic E-state index is 13.1. The molecule has 0 bridgehead atoms. The second-order valence-corrected chi connectivity index (χ2v) is 7.91. The summed E-state index contributed by atoms with van der Waals surface area (Å²) in [5, 5.41) is 4.18. The van der Waals surface area contributed by atoms with Gasteiger partial charge >= 0.3 is 0 Å². The molecule has 2 aromatic rings. The summed E-state index contributed by atoms with van der Waals surface area (Å²) in [6, 6.07) is 14.0. The Balaban J connectivity index is 2.27. The molecule has 1 atom stereocenters. The van der Waals surface area contributed by atoms with Crippen LogP contribution >= 0.6 is 23.2 Å². The smallest absolute Gasteiger partial charge is 0.243 e. The molecule has 1 N–H and O–H groups in total. The van der Waals surface area contributed by atoms with E-state index in [2.05, 4.69) is 5.32 Å². The summed E-state index contributed by atoms with van der Waals surface area (Å²) in [6.45, 7) is 6.07. The van der Waals surface area contributed by atoms with Gasteiger partial charge in [0.2, 0.25) is 11.8 Å². The minimum atomic E-state index is -0.544. The van der Waals surface area contributed by atoms with Crippen LogP contribution in [0.25, 0.3) is 0 Å². The van der Waals surface area contributed by atoms with Crippen molar-refractivity contribution in [1.29, 1.82) is 0 Å². The van der Waals surface area contributed by atoms with Gasteiger partial charge in [-0.2, -0.15) is 0 Å². The highest BCUT2D eigenvalue weighted by Gasteiger charge is 2.28. The zero-order valence-electron chi connectivity index (χ0n) is 16.4. The third-order valence-corrected chi connectivity index (χ3v) is 4.86. The van der Waals surface area contributed by atoms with Gasteiger partial charge < -0.3 is 10.2 Å². The van der Waals surface area contributed by atoms with E-state index < -0.39 is 6.04 Å². The van der Waals surface area contributed by atoms with Gasteiger partial charge in [-0.05, 0) is 55.7 Å². The first-order chi connectivity index (χ1) is 13.3. The first-order valence-electron chi connectivity index (χ1n) is 9.39. The van der Waals surface area contributed by atoms with E-state index in [1.807, 2.05) is 45.0 Å². The highest BCUT2D eigenvalue weighted by molar-refractivity contribution is 6.30. The van der Waals surface area contributed by atoms with Gasteiger partial charge in [-0.15, -0.1) is 0 Å². The third-order valence-electron chi connectivity index (χ3n) is 4.35. The molecule has 0 radical (unpaired) electrons. The highest BCUT2D eigenvalue weighted by Crippen LogP contribution is 2.17. The summed E-state index contributed by atoms with van der Waals surface area (Å²) in [7, 11) is 0. The molecule has 0 aliphatic heterocycles. The van der Waals surface area contributed by atoms with Gasteiger partial charge in [0.05, 0.1) is 6.42 Å². The van der Waals surface area contributed by atoms with Crippen molar-refractivity contribution in [3.8, 4) is 0 Å². The van der Waals surface area contributed by atoms with Gasteiger partial charge in [-0.25, -0.2) is 0 Å². The summed E-state index contributed by atoms with van der Waals surface area (Å²) >= 11 is 11.9. The molecule has 2 amide bonds. The molecule has 150 valence electrons. The molecule has 0 unspecified atom stereocenters. The highest BCUT2D eigenvalue weighted by atomic mass is 35.5. The molecule has 0 aliphatic carbocycles. The molecule has 0 saturated heterocycles. The van der Waals surface area contributed by atoms with Crippen LogP contribution in [0.3, 0.4) is 0 Å². The number of rotatable bonds is 8. The zero-order valence-corrected chi connectivity index (χ0v) is 17.9. The number of nitrogens with one attached hydrogen (secondary N) is 1. The Bertz CT molecular complexity index is 789. The van der Waals surface area contributed by atoms with E-state index in [9.17, 15) is 9.59 Å². The Labute approximate surface area is 176 Å². The zero-order chi connectivity index (χ0) is 20.7. The minimum absolute atomic E-state index is 0.00491. The first kappa shape index (κ1) is 22.3. The van der Waals surface area contributed by atoms with Gasteiger partial charge in [-0.3, -0.25) is 9.59 Å². The van der Waals surface area contributed by atoms with Gasteiger partial charge in [0.25, 0.3) is 0 Å². The summed E-state index contributed by atoms with van der Waals surface area (Å²) in [6.07, 6.45) is 0.731. The third kappa shape index (κ3) is 6.54. The second kappa shape index (κ2) is 10.5. The van der Waals surface area contributed by atoms with Gasteiger partial charge in [-0.1, -0.05) is 54.4 Å². The van der Waals surface area contributed by atoms with Crippen molar-refractivity contribution in [3.05, 3.63) is 69.7 Å². The Kier molecular flexibility index (Phi) is 8.34. The standard InChI is InChI=1S/C22H26Cl2N2O2/c1-4-20(22(28)25-15(2)3)26(14-17-7-11-19(24)12-8-17)21(27)13-16-5-9-18(23)10-6-16/h5-12,15,20H,4,13-14H2,1-3H3,(H,25,28)/t20-/m1/s1. The van der Waals surface area contributed by atoms with Crippen LogP contribution in [0.15, 0.2) is 48.5 Å². The molecule has 28 heavy (non-hydrogen) atoms. The summed E-state index contributed by atoms with van der Waals surface area (Å²) < 4.78 is 0. The number of carbonyl (C=O) groups is 2. The topological polar surface area (TPSA) is 49.4 Å². The summed E-state index contributed by atoms with van der Waals surface area (Å²) in [4.78, 5) is 27.5. The number of nitrogens with zero attached hydrogens (tertiary/aromatic N) is 1. The lowest BCUT2D eigenvalue weighted by molar-refractivity contribution is -0.141. The number of halogens is 2. The molecule has 0 fully saturated rings. The maximum Gasteiger partial charge on any atom is 0.243 e. The van der Waals surface area contributed by atoms with Crippen LogP contribution < -0.4 is 5.32 Å². The van der Waals surface area contributed by atoms with Crippen LogP contribution in [0.1, 0.15) is 38.3 Å². The van der Waals surface area contributed by atoms with Gasteiger partial charge in [0.1, 0.15) is 6.04 Å². The first-order valence-corrected chi connectivity index (χ1v) is 10.1. The molecule has 0 aromatic heterocycles. The second-order valence-electron chi connectivity index (χ2n) is 7.04. The molecular weight excluding hydrogens is 395 g/mol. The fourth-order valence-corrected chi connectivity index (χ4v) is 3.22. The van der Waals surface area contributed by atoms with Crippen LogP contribution in [-0.4, -0.2) is 28.8 Å². The van der Waals surface area contributed by atoms with Crippen LogP contribution in [0.2, 0.25) is 10.0 Å². The Morgan fingerprint density at radius 2 is 1.43 bits per heavy atom. The lowest BCUT2D eigenvalue weighted by Gasteiger charge is -2.31. The number of hydrogen-bond acceptors (Lipinski definition) is 2. The normalized spacial score (nSPS) is 11.9. The van der Waals surface area contributed by atoms with Crippen molar-refractivity contribution < 1.29 is 9.59 Å². The van der Waals surface area contributed by atoms with Crippen molar-refractivity contribution in [3.63, 3.8) is 0 Å². The number of benzene rings is 2. The molecular formula is C22H26Cl2N2O2. The van der Waals surface area contributed by atoms with E-state index in [-0.39, 0.29) is 24.3 Å². The lowest BCUT2D eigenvalue weighted by atomic mass is 10.1. The van der Waals surface area contributed by atoms with Crippen molar-refractivity contribution in [2.75, 3.05) is 0 Å². The Hall–Kier alpha value is -2.04. The van der Waals surface area contributed by atoms with Crippen molar-refractivity contribution in [2.45, 2.75) is 52.2 Å². The molecule has 6 heteroatoms. The molecule has 2 rings (SSSR count). The van der Waals surface area contributed by atoms with E-state index >= 15 is 0 Å². The molecule has 4 nitrogen and oxygen atoms in total. The fraction of sp³-hybridized carbons (Fsp3) is 0.364. The predicted octanol–water partition coefficient (Wildman–Crippen LogP) is 4.87. The maximum atomic E-state index is 13.1. The lowest BCUT2D eigenvalue weighted by Crippen LogP contribution is -2.50. The van der Waals surface area contributed by atoms with Crippen molar-refractivity contribution >= 4 is 35.0 Å². The van der Waals surface area contributed by atoms with Gasteiger partial charge in [0, 0.05) is 22.6 Å². The van der Waals surface area contributed by atoms with Crippen LogP contribution in [-0.2, 0) is 22.6 Å². The van der Waals surface area contributed by atoms with Crippen LogP contribution in [0.4, 0.5) is 0 Å². The van der Waals surface area contributed by atoms with E-state index in [0.717, 1.165) is 11.1 Å². The van der Waals surface area contributed by atoms with E-state index in [0.29, 0.717) is 23.0 Å². The fourth-order valence-electron chi connectivity index (χ4n) is 2.97. The monoisotopic (exact) mass is 420 g/mol. The Morgan fingerprint density at radius 1 is 0.929 bits per heavy atom. The molecule has 0 aliphatic rings. The SMILES string of the molecule is CC[C@H](C(=O)NC(C)C)N(Cc1ccc(Cl)cc1)C(=O)Cc1ccc(Cl)cc1. The van der Waals surface area contributed by atoms with Crippen LogP contribution in [0.5, 0.6) is 0 Å². The number of carbonyl (C=O) groups excluding carboxylic acids is 2. The average Bonchev–Trinajstić information content (AvgIpc) is 2.64. The number of amides is 2. The minimum Gasteiger partial charge on any atom is -0.352 e. The predicted molar refractivity (Wildman–Crippen MR) is 115 cm³/mol. The summed E-state index contributed by atoms with van der Waals surface area (Å²) in [5.74, 6) is -0.251. The van der Waals surface area contributed by atoms with E-state index in [1.165, 1.54) is 0 Å². The largest absolute Gasteiger partial charge is 0.352 e. The van der Waals surface area contributed by atoms with E-state index in [1.54, 1.807) is 29.2 Å². The quantitative estimate of drug-likeness (QED) is 0.661. The van der Waals surface area contributed by atoms with E-state index in [4.69, 9.17) is 23.2 Å². The van der Waals surface area contributed by atoms with Crippen LogP contribution in [0, 0.1) is 0 Å². The van der Waals surface area contributed by atoms with Crippen molar-refractivity contribution in [1.82, 2.24) is 10.2 Å².